The third kappa shape index (κ3) is 3.40. The quantitative estimate of drug-likeness (QED) is 0.864. The highest BCUT2D eigenvalue weighted by molar-refractivity contribution is 7.89. The van der Waals surface area contributed by atoms with Crippen LogP contribution >= 0.6 is 0 Å². The third-order valence-electron chi connectivity index (χ3n) is 3.90. The van der Waals surface area contributed by atoms with Crippen molar-refractivity contribution in [2.75, 3.05) is 27.2 Å². The molecule has 0 unspecified atom stereocenters. The van der Waals surface area contributed by atoms with E-state index < -0.39 is 27.8 Å². The monoisotopic (exact) mass is 344 g/mol. The molecule has 9 heteroatoms. The number of aryl methyl sites for hydroxylation is 1. The number of carboxylic acid groups (broad SMARTS) is 1. The van der Waals surface area contributed by atoms with Crippen molar-refractivity contribution >= 4 is 21.9 Å². The Morgan fingerprint density at radius 1 is 1.39 bits per heavy atom. The molecule has 1 atom stereocenters. The van der Waals surface area contributed by atoms with E-state index in [4.69, 9.17) is 9.52 Å². The molecular formula is C14H20N2O6S. The molecule has 1 amide bonds. The minimum Gasteiger partial charge on any atom is -0.481 e. The van der Waals surface area contributed by atoms with Crippen LogP contribution in [-0.4, -0.2) is 61.8 Å². The summed E-state index contributed by atoms with van der Waals surface area (Å²) in [6.07, 6.45) is 1.11. The average Bonchev–Trinajstić information content (AvgIpc) is 2.89. The van der Waals surface area contributed by atoms with Gasteiger partial charge in [0.1, 0.15) is 10.7 Å². The van der Waals surface area contributed by atoms with Crippen molar-refractivity contribution in [2.24, 2.45) is 5.92 Å². The molecule has 1 fully saturated rings. The summed E-state index contributed by atoms with van der Waals surface area (Å²) in [7, 11) is -0.912. The van der Waals surface area contributed by atoms with Crippen LogP contribution in [0.1, 0.15) is 29.2 Å². The van der Waals surface area contributed by atoms with Crippen LogP contribution in [0.25, 0.3) is 0 Å². The number of nitrogens with zero attached hydrogens (tertiary/aromatic N) is 2. The van der Waals surface area contributed by atoms with Gasteiger partial charge in [0.2, 0.25) is 10.0 Å². The molecule has 0 aliphatic carbocycles. The van der Waals surface area contributed by atoms with E-state index in [1.54, 1.807) is 0 Å². The zero-order valence-electron chi connectivity index (χ0n) is 13.3. The van der Waals surface area contributed by atoms with E-state index in [1.807, 2.05) is 0 Å². The van der Waals surface area contributed by atoms with Crippen LogP contribution < -0.4 is 0 Å². The lowest BCUT2D eigenvalue weighted by Gasteiger charge is -2.29. The number of likely N-dealkylation sites (tertiary alicyclic amines) is 1. The van der Waals surface area contributed by atoms with Gasteiger partial charge in [-0.05, 0) is 19.8 Å². The normalized spacial score (nSPS) is 19.1. The Bertz CT molecular complexity index is 722. The highest BCUT2D eigenvalue weighted by atomic mass is 32.2. The van der Waals surface area contributed by atoms with Crippen molar-refractivity contribution in [3.05, 3.63) is 17.6 Å². The van der Waals surface area contributed by atoms with Crippen molar-refractivity contribution in [3.8, 4) is 0 Å². The number of hydrogen-bond acceptors (Lipinski definition) is 5. The lowest BCUT2D eigenvalue weighted by atomic mass is 9.98. The van der Waals surface area contributed by atoms with E-state index in [2.05, 4.69) is 0 Å². The zero-order chi connectivity index (χ0) is 17.4. The summed E-state index contributed by atoms with van der Waals surface area (Å²) in [5, 5.41) is 9.08. The Kier molecular flexibility index (Phi) is 4.81. The van der Waals surface area contributed by atoms with Gasteiger partial charge in [0.05, 0.1) is 5.92 Å². The molecule has 0 aromatic carbocycles. The Morgan fingerprint density at radius 3 is 2.61 bits per heavy atom. The molecule has 1 aromatic rings. The Morgan fingerprint density at radius 2 is 2.04 bits per heavy atom. The van der Waals surface area contributed by atoms with E-state index in [-0.39, 0.29) is 23.0 Å². The third-order valence-corrected chi connectivity index (χ3v) is 5.82. The first-order valence-corrected chi connectivity index (χ1v) is 8.63. The number of carbonyl (C=O) groups is 2. The number of rotatable bonds is 4. The maximum atomic E-state index is 12.5. The van der Waals surface area contributed by atoms with Gasteiger partial charge in [-0.25, -0.2) is 12.7 Å². The smallest absolute Gasteiger partial charge is 0.308 e. The number of hydrogen-bond donors (Lipinski definition) is 1. The summed E-state index contributed by atoms with van der Waals surface area (Å²) >= 11 is 0. The largest absolute Gasteiger partial charge is 0.481 e. The molecule has 128 valence electrons. The molecule has 1 N–H and O–H groups in total. The minimum atomic E-state index is -3.70. The fourth-order valence-electron chi connectivity index (χ4n) is 2.54. The van der Waals surface area contributed by atoms with Crippen molar-refractivity contribution in [1.29, 1.82) is 0 Å². The molecule has 1 saturated heterocycles. The highest BCUT2D eigenvalue weighted by Crippen LogP contribution is 2.25. The van der Waals surface area contributed by atoms with Gasteiger partial charge in [-0.2, -0.15) is 0 Å². The van der Waals surface area contributed by atoms with Crippen molar-refractivity contribution in [3.63, 3.8) is 0 Å². The number of aliphatic carboxylic acids is 1. The van der Waals surface area contributed by atoms with Crippen LogP contribution in [0.4, 0.5) is 0 Å². The summed E-state index contributed by atoms with van der Waals surface area (Å²) in [6.45, 7) is 2.01. The van der Waals surface area contributed by atoms with Gasteiger partial charge in [0, 0.05) is 33.3 Å². The fourth-order valence-corrected chi connectivity index (χ4v) is 3.60. The van der Waals surface area contributed by atoms with Gasteiger partial charge >= 0.3 is 5.97 Å². The molecule has 1 aliphatic heterocycles. The molecule has 8 nitrogen and oxygen atoms in total. The molecule has 23 heavy (non-hydrogen) atoms. The van der Waals surface area contributed by atoms with Crippen LogP contribution in [-0.2, 0) is 14.8 Å². The number of furan rings is 1. The SMILES string of the molecule is Cc1oc(C(=O)N2CCC[C@H](C(=O)O)C2)cc1S(=O)(=O)N(C)C. The molecule has 1 aliphatic rings. The lowest BCUT2D eigenvalue weighted by molar-refractivity contribution is -0.143. The summed E-state index contributed by atoms with van der Waals surface area (Å²) in [6, 6.07) is 1.21. The van der Waals surface area contributed by atoms with E-state index in [0.29, 0.717) is 19.4 Å². The van der Waals surface area contributed by atoms with Gasteiger partial charge in [0.25, 0.3) is 5.91 Å². The summed E-state index contributed by atoms with van der Waals surface area (Å²) in [5.74, 6) is -1.98. The van der Waals surface area contributed by atoms with Crippen LogP contribution in [0.2, 0.25) is 0 Å². The Balaban J connectivity index is 2.26. The van der Waals surface area contributed by atoms with Crippen LogP contribution in [0, 0.1) is 12.8 Å². The molecule has 0 spiro atoms. The minimum absolute atomic E-state index is 0.0577. The number of carboxylic acids is 1. The summed E-state index contributed by atoms with van der Waals surface area (Å²) in [4.78, 5) is 24.9. The number of amides is 1. The molecule has 0 bridgehead atoms. The second-order valence-electron chi connectivity index (χ2n) is 5.75. The van der Waals surface area contributed by atoms with Gasteiger partial charge < -0.3 is 14.4 Å². The second-order valence-corrected chi connectivity index (χ2v) is 7.87. The molecule has 0 saturated carbocycles. The van der Waals surface area contributed by atoms with Crippen molar-refractivity contribution in [1.82, 2.24) is 9.21 Å². The Hall–Kier alpha value is -1.87. The maximum Gasteiger partial charge on any atom is 0.308 e. The van der Waals surface area contributed by atoms with Crippen molar-refractivity contribution < 1.29 is 27.5 Å². The van der Waals surface area contributed by atoms with Gasteiger partial charge in [-0.1, -0.05) is 0 Å². The van der Waals surface area contributed by atoms with Crippen LogP contribution in [0.3, 0.4) is 0 Å². The van der Waals surface area contributed by atoms with E-state index in [0.717, 1.165) is 4.31 Å². The van der Waals surface area contributed by atoms with Gasteiger partial charge in [-0.15, -0.1) is 0 Å². The first kappa shape index (κ1) is 17.5. The Labute approximate surface area is 134 Å². The first-order valence-electron chi connectivity index (χ1n) is 7.19. The second kappa shape index (κ2) is 6.32. The molecule has 1 aromatic heterocycles. The average molecular weight is 344 g/mol. The number of sulfonamides is 1. The highest BCUT2D eigenvalue weighted by Gasteiger charge is 2.32. The zero-order valence-corrected chi connectivity index (χ0v) is 14.1. The predicted octanol–water partition coefficient (Wildman–Crippen LogP) is 0.775. The number of carbonyl (C=O) groups excluding carboxylic acids is 1. The van der Waals surface area contributed by atoms with Crippen LogP contribution in [0.15, 0.2) is 15.4 Å². The van der Waals surface area contributed by atoms with Crippen LogP contribution in [0.5, 0.6) is 0 Å². The molecule has 2 rings (SSSR count). The van der Waals surface area contributed by atoms with E-state index in [1.165, 1.54) is 32.0 Å². The molecular weight excluding hydrogens is 324 g/mol. The predicted molar refractivity (Wildman–Crippen MR) is 80.6 cm³/mol. The lowest BCUT2D eigenvalue weighted by Crippen LogP contribution is -2.42. The molecule has 0 radical (unpaired) electrons. The number of piperidine rings is 1. The topological polar surface area (TPSA) is 108 Å². The standard InChI is InChI=1S/C14H20N2O6S/c1-9-12(23(20,21)15(2)3)7-11(22-9)13(17)16-6-4-5-10(8-16)14(18)19/h7,10H,4-6,8H2,1-3H3,(H,18,19)/t10-/m0/s1. The maximum absolute atomic E-state index is 12.5. The van der Waals surface area contributed by atoms with Gasteiger partial charge in [-0.3, -0.25) is 9.59 Å². The van der Waals surface area contributed by atoms with E-state index in [9.17, 15) is 18.0 Å². The van der Waals surface area contributed by atoms with E-state index >= 15 is 0 Å². The summed E-state index contributed by atoms with van der Waals surface area (Å²) in [5.41, 5.74) is 0. The summed E-state index contributed by atoms with van der Waals surface area (Å²) < 4.78 is 30.7. The van der Waals surface area contributed by atoms with Gasteiger partial charge in [0.15, 0.2) is 5.76 Å². The fraction of sp³-hybridized carbons (Fsp3) is 0.571. The first-order chi connectivity index (χ1) is 10.6. The van der Waals surface area contributed by atoms with Crippen molar-refractivity contribution in [2.45, 2.75) is 24.7 Å². The molecule has 2 heterocycles.